The van der Waals surface area contributed by atoms with Gasteiger partial charge in [-0.05, 0) is 61.1 Å². The summed E-state index contributed by atoms with van der Waals surface area (Å²) in [6.45, 7) is 0. The molecule has 1 saturated carbocycles. The van der Waals surface area contributed by atoms with Crippen molar-refractivity contribution in [3.63, 3.8) is 0 Å². The Labute approximate surface area is 181 Å². The van der Waals surface area contributed by atoms with Crippen molar-refractivity contribution in [3.8, 4) is 0 Å². The Kier molecular flexibility index (Phi) is 4.27. The largest absolute Gasteiger partial charge is 0.332 e. The molecule has 2 aromatic rings. The van der Waals surface area contributed by atoms with Crippen LogP contribution in [0, 0.1) is 5.92 Å². The highest BCUT2D eigenvalue weighted by atomic mass is 79.9. The Bertz CT molecular complexity index is 976. The van der Waals surface area contributed by atoms with Gasteiger partial charge in [-0.25, -0.2) is 9.69 Å². The van der Waals surface area contributed by atoms with E-state index in [4.69, 9.17) is 23.2 Å². The maximum Gasteiger partial charge on any atom is 0.332 e. The van der Waals surface area contributed by atoms with E-state index in [9.17, 15) is 9.59 Å². The summed E-state index contributed by atoms with van der Waals surface area (Å²) in [5.41, 5.74) is 0.673. The van der Waals surface area contributed by atoms with Gasteiger partial charge in [0.15, 0.2) is 0 Å². The van der Waals surface area contributed by atoms with Crippen molar-refractivity contribution in [2.24, 2.45) is 5.92 Å². The molecule has 4 nitrogen and oxygen atoms in total. The number of benzene rings is 2. The predicted octanol–water partition coefficient (Wildman–Crippen LogP) is 5.69. The first-order valence-electron chi connectivity index (χ1n) is 9.28. The van der Waals surface area contributed by atoms with Gasteiger partial charge in [0.2, 0.25) is 0 Å². The van der Waals surface area contributed by atoms with Crippen LogP contribution >= 0.6 is 39.1 Å². The van der Waals surface area contributed by atoms with Crippen LogP contribution < -0.4 is 4.90 Å². The zero-order chi connectivity index (χ0) is 19.6. The molecule has 0 spiro atoms. The quantitative estimate of drug-likeness (QED) is 0.530. The molecule has 3 aliphatic rings. The number of rotatable bonds is 3. The lowest BCUT2D eigenvalue weighted by Crippen LogP contribution is -2.55. The van der Waals surface area contributed by atoms with Gasteiger partial charge in [0.1, 0.15) is 5.54 Å². The van der Waals surface area contributed by atoms with Crippen molar-refractivity contribution < 1.29 is 9.59 Å². The SMILES string of the molecule is O=C1N(c2cc(Cl)cc(Cl)c2)C(=O)[C@@]2(Cc3ccc(Br)cc3)[C@@H]3CC[C@@H](C3)N12. The number of piperidine rings is 1. The van der Waals surface area contributed by atoms with Crippen molar-refractivity contribution in [3.05, 3.63) is 62.5 Å². The first kappa shape index (κ1) is 18.5. The molecular weight excluding hydrogens is 463 g/mol. The monoisotopic (exact) mass is 478 g/mol. The molecule has 7 heteroatoms. The van der Waals surface area contributed by atoms with E-state index >= 15 is 0 Å². The topological polar surface area (TPSA) is 40.6 Å². The number of nitrogens with zero attached hydrogens (tertiary/aromatic N) is 2. The predicted molar refractivity (Wildman–Crippen MR) is 113 cm³/mol. The summed E-state index contributed by atoms with van der Waals surface area (Å²) in [6, 6.07) is 12.7. The summed E-state index contributed by atoms with van der Waals surface area (Å²) >= 11 is 15.7. The van der Waals surface area contributed by atoms with Crippen LogP contribution in [0.4, 0.5) is 10.5 Å². The minimum atomic E-state index is -0.817. The minimum Gasteiger partial charge on any atom is -0.306 e. The van der Waals surface area contributed by atoms with E-state index in [0.29, 0.717) is 22.2 Å². The van der Waals surface area contributed by atoms with Crippen molar-refractivity contribution in [2.45, 2.75) is 37.3 Å². The number of carbonyl (C=O) groups excluding carboxylic acids is 2. The number of hydrogen-bond acceptors (Lipinski definition) is 2. The van der Waals surface area contributed by atoms with E-state index < -0.39 is 5.54 Å². The van der Waals surface area contributed by atoms with E-state index in [-0.39, 0.29) is 23.9 Å². The number of anilines is 1. The van der Waals surface area contributed by atoms with Crippen LogP contribution in [0.3, 0.4) is 0 Å². The zero-order valence-electron chi connectivity index (χ0n) is 14.9. The molecular formula is C21H17BrCl2N2O2. The normalized spacial score (nSPS) is 28.4. The van der Waals surface area contributed by atoms with Crippen LogP contribution in [0.2, 0.25) is 10.0 Å². The summed E-state index contributed by atoms with van der Waals surface area (Å²) < 4.78 is 0.988. The van der Waals surface area contributed by atoms with Crippen molar-refractivity contribution in [1.29, 1.82) is 0 Å². The number of carbonyl (C=O) groups is 2. The van der Waals surface area contributed by atoms with Crippen molar-refractivity contribution in [2.75, 3.05) is 4.90 Å². The Morgan fingerprint density at radius 2 is 1.71 bits per heavy atom. The highest BCUT2D eigenvalue weighted by Gasteiger charge is 2.69. The molecule has 3 amide bonds. The molecule has 144 valence electrons. The second-order valence-corrected chi connectivity index (χ2v) is 9.60. The van der Waals surface area contributed by atoms with Gasteiger partial charge < -0.3 is 4.90 Å². The molecule has 2 heterocycles. The number of urea groups is 1. The van der Waals surface area contributed by atoms with Crippen LogP contribution in [0.25, 0.3) is 0 Å². The number of fused-ring (bicyclic) bond motifs is 5. The third-order valence-corrected chi connectivity index (χ3v) is 7.30. The maximum absolute atomic E-state index is 13.8. The number of amides is 3. The molecule has 3 atom stereocenters. The van der Waals surface area contributed by atoms with Crippen LogP contribution in [0.5, 0.6) is 0 Å². The van der Waals surface area contributed by atoms with Gasteiger partial charge in [0, 0.05) is 27.0 Å². The number of imide groups is 1. The Balaban J connectivity index is 1.61. The second-order valence-electron chi connectivity index (χ2n) is 7.81. The molecule has 2 aliphatic heterocycles. The Morgan fingerprint density at radius 1 is 1.04 bits per heavy atom. The Morgan fingerprint density at radius 3 is 2.39 bits per heavy atom. The molecule has 0 unspecified atom stereocenters. The average Bonchev–Trinajstić information content (AvgIpc) is 3.28. The van der Waals surface area contributed by atoms with Gasteiger partial charge in [0.05, 0.1) is 5.69 Å². The Hall–Kier alpha value is -1.56. The van der Waals surface area contributed by atoms with Crippen LogP contribution in [0.15, 0.2) is 46.9 Å². The van der Waals surface area contributed by atoms with Gasteiger partial charge in [-0.2, -0.15) is 0 Å². The first-order chi connectivity index (χ1) is 13.4. The van der Waals surface area contributed by atoms with Gasteiger partial charge >= 0.3 is 6.03 Å². The summed E-state index contributed by atoms with van der Waals surface area (Å²) in [6.07, 6.45) is 3.35. The molecule has 0 radical (unpaired) electrons. The van der Waals surface area contributed by atoms with Crippen LogP contribution in [-0.4, -0.2) is 28.4 Å². The lowest BCUT2D eigenvalue weighted by molar-refractivity contribution is -0.127. The lowest BCUT2D eigenvalue weighted by Gasteiger charge is -2.38. The fraction of sp³-hybridized carbons (Fsp3) is 0.333. The van der Waals surface area contributed by atoms with E-state index in [2.05, 4.69) is 15.9 Å². The molecule has 2 bridgehead atoms. The summed E-state index contributed by atoms with van der Waals surface area (Å²) in [5.74, 6) is 0.0169. The van der Waals surface area contributed by atoms with E-state index in [0.717, 1.165) is 29.3 Å². The summed E-state index contributed by atoms with van der Waals surface area (Å²) in [4.78, 5) is 30.3. The lowest BCUT2D eigenvalue weighted by atomic mass is 9.78. The maximum atomic E-state index is 13.8. The highest BCUT2D eigenvalue weighted by molar-refractivity contribution is 9.10. The summed E-state index contributed by atoms with van der Waals surface area (Å²) in [7, 11) is 0. The third-order valence-electron chi connectivity index (χ3n) is 6.34. The standard InChI is InChI=1S/C21H17BrCl2N2O2/c22-14-4-1-12(2-5-14)11-21-13-3-6-17(7-13)26(21)20(28)25(19(21)27)18-9-15(23)8-16(24)10-18/h1-2,4-5,8-10,13,17H,3,6-7,11H2/t13-,17+,21-/m1/s1. The molecule has 1 aliphatic carbocycles. The number of halogens is 3. The van der Waals surface area contributed by atoms with Gasteiger partial charge in [-0.3, -0.25) is 4.79 Å². The zero-order valence-corrected chi connectivity index (χ0v) is 18.0. The molecule has 28 heavy (non-hydrogen) atoms. The van der Waals surface area contributed by atoms with Gasteiger partial charge in [-0.1, -0.05) is 51.3 Å². The van der Waals surface area contributed by atoms with Crippen molar-refractivity contribution >= 4 is 56.8 Å². The van der Waals surface area contributed by atoms with Crippen LogP contribution in [-0.2, 0) is 11.2 Å². The van der Waals surface area contributed by atoms with Gasteiger partial charge in [0.25, 0.3) is 5.91 Å². The fourth-order valence-corrected chi connectivity index (χ4v) is 6.03. The fourth-order valence-electron chi connectivity index (χ4n) is 5.26. The number of hydrogen-bond donors (Lipinski definition) is 0. The van der Waals surface area contributed by atoms with E-state index in [1.807, 2.05) is 29.2 Å². The third kappa shape index (κ3) is 2.56. The molecule has 5 rings (SSSR count). The van der Waals surface area contributed by atoms with Crippen LogP contribution in [0.1, 0.15) is 24.8 Å². The second kappa shape index (κ2) is 6.48. The van der Waals surface area contributed by atoms with E-state index in [1.165, 1.54) is 4.90 Å². The highest BCUT2D eigenvalue weighted by Crippen LogP contribution is 2.55. The molecule has 3 fully saturated rings. The van der Waals surface area contributed by atoms with E-state index in [1.54, 1.807) is 18.2 Å². The molecule has 2 aromatic carbocycles. The average molecular weight is 480 g/mol. The summed E-state index contributed by atoms with van der Waals surface area (Å²) in [5, 5.41) is 0.806. The molecule has 2 saturated heterocycles. The molecule has 0 N–H and O–H groups in total. The minimum absolute atomic E-state index is 0.122. The first-order valence-corrected chi connectivity index (χ1v) is 10.8. The molecule has 0 aromatic heterocycles. The van der Waals surface area contributed by atoms with Crippen molar-refractivity contribution in [1.82, 2.24) is 4.90 Å². The smallest absolute Gasteiger partial charge is 0.306 e. The van der Waals surface area contributed by atoms with Gasteiger partial charge in [-0.15, -0.1) is 0 Å².